The van der Waals surface area contributed by atoms with Crippen LogP contribution in [-0.4, -0.2) is 32.5 Å². The van der Waals surface area contributed by atoms with E-state index in [0.29, 0.717) is 0 Å². The van der Waals surface area contributed by atoms with Gasteiger partial charge in [-0.2, -0.15) is 0 Å². The highest BCUT2D eigenvalue weighted by Gasteiger charge is 2.33. The molecule has 0 saturated carbocycles. The van der Waals surface area contributed by atoms with E-state index in [-0.39, 0.29) is 12.1 Å². The van der Waals surface area contributed by atoms with Gasteiger partial charge in [0.25, 0.3) is 0 Å². The van der Waals surface area contributed by atoms with Gasteiger partial charge < -0.3 is 14.0 Å². The largest absolute Gasteiger partial charge is 0.444 e. The number of carbonyl (C=O) groups excluding carboxylic acids is 1. The Morgan fingerprint density at radius 2 is 2.19 bits per heavy atom. The SMILES string of the molecule is CC(C)(C)OC(=O)N1CCCC1c1ccn2ccnc2c1. The van der Waals surface area contributed by atoms with Crippen molar-refractivity contribution < 1.29 is 9.53 Å². The third kappa shape index (κ3) is 2.86. The molecule has 0 radical (unpaired) electrons. The Hall–Kier alpha value is -2.04. The van der Waals surface area contributed by atoms with Gasteiger partial charge in [0.15, 0.2) is 0 Å². The van der Waals surface area contributed by atoms with Gasteiger partial charge in [0, 0.05) is 25.1 Å². The topological polar surface area (TPSA) is 46.8 Å². The van der Waals surface area contributed by atoms with E-state index in [4.69, 9.17) is 4.74 Å². The van der Waals surface area contributed by atoms with E-state index in [0.717, 1.165) is 30.6 Å². The fraction of sp³-hybridized carbons (Fsp3) is 0.500. The van der Waals surface area contributed by atoms with Crippen molar-refractivity contribution in [3.63, 3.8) is 0 Å². The van der Waals surface area contributed by atoms with Crippen molar-refractivity contribution in [2.24, 2.45) is 0 Å². The summed E-state index contributed by atoms with van der Waals surface area (Å²) in [5.41, 5.74) is 1.57. The average Bonchev–Trinajstić information content (AvgIpc) is 3.04. The number of hydrogen-bond acceptors (Lipinski definition) is 3. The van der Waals surface area contributed by atoms with Crippen LogP contribution in [-0.2, 0) is 4.74 Å². The van der Waals surface area contributed by atoms with E-state index in [1.54, 1.807) is 6.20 Å². The van der Waals surface area contributed by atoms with Crippen LogP contribution >= 0.6 is 0 Å². The van der Waals surface area contributed by atoms with Crippen molar-refractivity contribution in [3.8, 4) is 0 Å². The second-order valence-electron chi connectivity index (χ2n) is 6.48. The van der Waals surface area contributed by atoms with Crippen LogP contribution in [0.25, 0.3) is 5.65 Å². The molecule has 21 heavy (non-hydrogen) atoms. The minimum atomic E-state index is -0.461. The Kier molecular flexibility index (Phi) is 3.35. The first kappa shape index (κ1) is 13.9. The lowest BCUT2D eigenvalue weighted by Crippen LogP contribution is -2.36. The van der Waals surface area contributed by atoms with Crippen LogP contribution in [0.1, 0.15) is 45.2 Å². The Balaban J connectivity index is 1.84. The Labute approximate surface area is 124 Å². The first-order valence-electron chi connectivity index (χ1n) is 7.36. The third-order valence-electron chi connectivity index (χ3n) is 3.69. The molecule has 5 nitrogen and oxygen atoms in total. The van der Waals surface area contributed by atoms with Gasteiger partial charge >= 0.3 is 6.09 Å². The predicted molar refractivity (Wildman–Crippen MR) is 80.1 cm³/mol. The molecule has 0 aliphatic carbocycles. The van der Waals surface area contributed by atoms with Crippen LogP contribution in [0.2, 0.25) is 0 Å². The summed E-state index contributed by atoms with van der Waals surface area (Å²) in [6.07, 6.45) is 7.43. The van der Waals surface area contributed by atoms with Gasteiger partial charge in [-0.3, -0.25) is 0 Å². The summed E-state index contributed by atoms with van der Waals surface area (Å²) in [5, 5.41) is 0. The molecule has 1 fully saturated rings. The van der Waals surface area contributed by atoms with Gasteiger partial charge in [-0.15, -0.1) is 0 Å². The maximum Gasteiger partial charge on any atom is 0.410 e. The molecule has 1 aliphatic rings. The number of aromatic nitrogens is 2. The van der Waals surface area contributed by atoms with Crippen molar-refractivity contribution in [1.29, 1.82) is 0 Å². The van der Waals surface area contributed by atoms with E-state index >= 15 is 0 Å². The second-order valence-corrected chi connectivity index (χ2v) is 6.48. The summed E-state index contributed by atoms with van der Waals surface area (Å²) >= 11 is 0. The summed E-state index contributed by atoms with van der Waals surface area (Å²) in [4.78, 5) is 18.5. The quantitative estimate of drug-likeness (QED) is 0.807. The van der Waals surface area contributed by atoms with Crippen LogP contribution in [0.4, 0.5) is 4.79 Å². The number of pyridine rings is 1. The number of fused-ring (bicyclic) bond motifs is 1. The summed E-state index contributed by atoms with van der Waals surface area (Å²) in [7, 11) is 0. The molecule has 1 unspecified atom stereocenters. The van der Waals surface area contributed by atoms with Crippen LogP contribution in [0, 0.1) is 0 Å². The number of likely N-dealkylation sites (tertiary alicyclic amines) is 1. The van der Waals surface area contributed by atoms with E-state index in [1.165, 1.54) is 0 Å². The Morgan fingerprint density at radius 1 is 1.38 bits per heavy atom. The molecule has 5 heteroatoms. The number of imidazole rings is 1. The van der Waals surface area contributed by atoms with Crippen molar-refractivity contribution in [2.75, 3.05) is 6.54 Å². The number of carbonyl (C=O) groups is 1. The van der Waals surface area contributed by atoms with Gasteiger partial charge in [0.2, 0.25) is 0 Å². The molecule has 2 aromatic heterocycles. The number of rotatable bonds is 1. The molecule has 1 amide bonds. The molecule has 0 aromatic carbocycles. The first-order chi connectivity index (χ1) is 9.94. The summed E-state index contributed by atoms with van der Waals surface area (Å²) in [6, 6.07) is 4.19. The van der Waals surface area contributed by atoms with Crippen LogP contribution in [0.15, 0.2) is 30.7 Å². The number of nitrogens with zero attached hydrogens (tertiary/aromatic N) is 3. The molecule has 2 aromatic rings. The highest BCUT2D eigenvalue weighted by molar-refractivity contribution is 5.69. The second kappa shape index (κ2) is 5.06. The van der Waals surface area contributed by atoms with Crippen molar-refractivity contribution in [1.82, 2.24) is 14.3 Å². The molecular formula is C16H21N3O2. The summed E-state index contributed by atoms with van der Waals surface area (Å²) in [5.74, 6) is 0. The zero-order valence-electron chi connectivity index (χ0n) is 12.7. The molecule has 0 spiro atoms. The molecule has 0 N–H and O–H groups in total. The minimum Gasteiger partial charge on any atom is -0.444 e. The highest BCUT2D eigenvalue weighted by atomic mass is 16.6. The normalized spacial score (nSPS) is 19.2. The molecule has 3 rings (SSSR count). The monoisotopic (exact) mass is 287 g/mol. The minimum absolute atomic E-state index is 0.0848. The number of ether oxygens (including phenoxy) is 1. The number of hydrogen-bond donors (Lipinski definition) is 0. The fourth-order valence-electron chi connectivity index (χ4n) is 2.79. The van der Waals surface area contributed by atoms with Crippen LogP contribution in [0.5, 0.6) is 0 Å². The lowest BCUT2D eigenvalue weighted by molar-refractivity contribution is 0.0224. The van der Waals surface area contributed by atoms with Gasteiger partial charge in [0.05, 0.1) is 6.04 Å². The predicted octanol–water partition coefficient (Wildman–Crippen LogP) is 3.41. The maximum absolute atomic E-state index is 12.3. The van der Waals surface area contributed by atoms with E-state index in [9.17, 15) is 4.79 Å². The molecule has 0 bridgehead atoms. The lowest BCUT2D eigenvalue weighted by Gasteiger charge is -2.28. The van der Waals surface area contributed by atoms with Gasteiger partial charge in [0.1, 0.15) is 11.2 Å². The fourth-order valence-corrected chi connectivity index (χ4v) is 2.79. The average molecular weight is 287 g/mol. The van der Waals surface area contributed by atoms with E-state index in [2.05, 4.69) is 11.1 Å². The van der Waals surface area contributed by atoms with Gasteiger partial charge in [-0.25, -0.2) is 9.78 Å². The zero-order valence-corrected chi connectivity index (χ0v) is 12.7. The Bertz CT molecular complexity index is 657. The molecule has 1 aliphatic heterocycles. The first-order valence-corrected chi connectivity index (χ1v) is 7.36. The summed E-state index contributed by atoms with van der Waals surface area (Å²) in [6.45, 7) is 6.44. The van der Waals surface area contributed by atoms with Crippen molar-refractivity contribution >= 4 is 11.7 Å². The van der Waals surface area contributed by atoms with Crippen molar-refractivity contribution in [3.05, 3.63) is 36.3 Å². The van der Waals surface area contributed by atoms with Gasteiger partial charge in [-0.1, -0.05) is 0 Å². The van der Waals surface area contributed by atoms with Crippen LogP contribution < -0.4 is 0 Å². The van der Waals surface area contributed by atoms with Crippen molar-refractivity contribution in [2.45, 2.75) is 45.3 Å². The molecule has 1 saturated heterocycles. The van der Waals surface area contributed by atoms with Crippen LogP contribution in [0.3, 0.4) is 0 Å². The molecule has 112 valence electrons. The highest BCUT2D eigenvalue weighted by Crippen LogP contribution is 2.33. The smallest absolute Gasteiger partial charge is 0.410 e. The van der Waals surface area contributed by atoms with Gasteiger partial charge in [-0.05, 0) is 51.3 Å². The molecular weight excluding hydrogens is 266 g/mol. The number of amides is 1. The molecule has 1 atom stereocenters. The maximum atomic E-state index is 12.3. The summed E-state index contributed by atoms with van der Waals surface area (Å²) < 4.78 is 7.48. The standard InChI is InChI=1S/C16H21N3O2/c1-16(2,3)21-15(20)19-8-4-5-13(19)12-6-9-18-10-7-17-14(18)11-12/h6-7,9-11,13H,4-5,8H2,1-3H3. The Morgan fingerprint density at radius 3 is 2.95 bits per heavy atom. The molecule has 3 heterocycles. The third-order valence-corrected chi connectivity index (χ3v) is 3.69. The van der Waals surface area contributed by atoms with E-state index in [1.807, 2.05) is 48.5 Å². The zero-order chi connectivity index (χ0) is 15.0. The van der Waals surface area contributed by atoms with E-state index < -0.39 is 5.60 Å². The lowest BCUT2D eigenvalue weighted by atomic mass is 10.1.